The molecule has 90 valence electrons. The minimum Gasteiger partial charge on any atom is -0.393 e. The molecule has 0 rings (SSSR count). The van der Waals surface area contributed by atoms with Crippen LogP contribution in [0.4, 0.5) is 0 Å². The van der Waals surface area contributed by atoms with Crippen molar-refractivity contribution in [2.24, 2.45) is 5.92 Å². The summed E-state index contributed by atoms with van der Waals surface area (Å²) in [7, 11) is 3.41. The Hall–Kier alpha value is -0.610. The standard InChI is InChI=1S/C11H23NO3/c1-9(6-8-15-4)11(14)12(3)7-5-10(2)13/h9-10,13H,5-8H2,1-4H3. The highest BCUT2D eigenvalue weighted by molar-refractivity contribution is 5.78. The molecule has 1 N–H and O–H groups in total. The minimum atomic E-state index is -0.352. The van der Waals surface area contributed by atoms with E-state index in [2.05, 4.69) is 0 Å². The van der Waals surface area contributed by atoms with E-state index in [1.165, 1.54) is 0 Å². The number of amides is 1. The molecular formula is C11H23NO3. The van der Waals surface area contributed by atoms with Crippen LogP contribution in [0.5, 0.6) is 0 Å². The highest BCUT2D eigenvalue weighted by atomic mass is 16.5. The Morgan fingerprint density at radius 1 is 1.40 bits per heavy atom. The number of carbonyl (C=O) groups is 1. The van der Waals surface area contributed by atoms with Crippen LogP contribution in [0, 0.1) is 5.92 Å². The number of rotatable bonds is 7. The Kier molecular flexibility index (Phi) is 7.34. The third-order valence-corrected chi connectivity index (χ3v) is 2.44. The van der Waals surface area contributed by atoms with E-state index in [1.54, 1.807) is 26.0 Å². The zero-order valence-corrected chi connectivity index (χ0v) is 10.2. The van der Waals surface area contributed by atoms with Crippen LogP contribution in [0.2, 0.25) is 0 Å². The highest BCUT2D eigenvalue weighted by Gasteiger charge is 2.17. The second-order valence-electron chi connectivity index (χ2n) is 4.08. The Labute approximate surface area is 92.2 Å². The lowest BCUT2D eigenvalue weighted by atomic mass is 10.1. The molecule has 0 heterocycles. The van der Waals surface area contributed by atoms with Crippen molar-refractivity contribution in [2.75, 3.05) is 27.3 Å². The Morgan fingerprint density at radius 2 is 2.00 bits per heavy atom. The first-order valence-electron chi connectivity index (χ1n) is 5.41. The van der Waals surface area contributed by atoms with Gasteiger partial charge in [-0.05, 0) is 19.8 Å². The quantitative estimate of drug-likeness (QED) is 0.689. The van der Waals surface area contributed by atoms with Gasteiger partial charge in [-0.15, -0.1) is 0 Å². The van der Waals surface area contributed by atoms with E-state index in [4.69, 9.17) is 9.84 Å². The van der Waals surface area contributed by atoms with Gasteiger partial charge in [0.1, 0.15) is 0 Å². The summed E-state index contributed by atoms with van der Waals surface area (Å²) in [5, 5.41) is 9.11. The predicted octanol–water partition coefficient (Wildman–Crippen LogP) is 0.888. The molecule has 0 aliphatic heterocycles. The Bertz CT molecular complexity index is 183. The van der Waals surface area contributed by atoms with Gasteiger partial charge in [-0.2, -0.15) is 0 Å². The molecule has 0 bridgehead atoms. The van der Waals surface area contributed by atoms with Gasteiger partial charge in [0.05, 0.1) is 6.10 Å². The van der Waals surface area contributed by atoms with Crippen molar-refractivity contribution < 1.29 is 14.6 Å². The summed E-state index contributed by atoms with van der Waals surface area (Å²) < 4.78 is 4.93. The summed E-state index contributed by atoms with van der Waals surface area (Å²) in [5.41, 5.74) is 0. The van der Waals surface area contributed by atoms with Crippen LogP contribution < -0.4 is 0 Å². The van der Waals surface area contributed by atoms with Crippen LogP contribution in [0.1, 0.15) is 26.7 Å². The molecule has 15 heavy (non-hydrogen) atoms. The number of carbonyl (C=O) groups excluding carboxylic acids is 1. The number of hydrogen-bond donors (Lipinski definition) is 1. The Balaban J connectivity index is 3.85. The van der Waals surface area contributed by atoms with Gasteiger partial charge in [0.2, 0.25) is 5.91 Å². The first-order valence-corrected chi connectivity index (χ1v) is 5.41. The second-order valence-corrected chi connectivity index (χ2v) is 4.08. The molecule has 4 nitrogen and oxygen atoms in total. The molecule has 0 aliphatic rings. The molecule has 2 unspecified atom stereocenters. The van der Waals surface area contributed by atoms with E-state index in [1.807, 2.05) is 6.92 Å². The lowest BCUT2D eigenvalue weighted by Crippen LogP contribution is -2.34. The van der Waals surface area contributed by atoms with E-state index in [9.17, 15) is 4.79 Å². The Morgan fingerprint density at radius 3 is 2.47 bits per heavy atom. The smallest absolute Gasteiger partial charge is 0.225 e. The molecular weight excluding hydrogens is 194 g/mol. The molecule has 0 spiro atoms. The van der Waals surface area contributed by atoms with E-state index in [0.717, 1.165) is 6.42 Å². The normalized spacial score (nSPS) is 14.7. The molecule has 0 saturated carbocycles. The second kappa shape index (κ2) is 7.65. The van der Waals surface area contributed by atoms with Gasteiger partial charge in [0.25, 0.3) is 0 Å². The van der Waals surface area contributed by atoms with Crippen molar-refractivity contribution in [1.82, 2.24) is 4.90 Å². The van der Waals surface area contributed by atoms with Crippen LogP contribution in [0.25, 0.3) is 0 Å². The van der Waals surface area contributed by atoms with E-state index in [-0.39, 0.29) is 17.9 Å². The van der Waals surface area contributed by atoms with Crippen molar-refractivity contribution >= 4 is 5.91 Å². The van der Waals surface area contributed by atoms with Crippen molar-refractivity contribution in [3.8, 4) is 0 Å². The summed E-state index contributed by atoms with van der Waals surface area (Å²) in [4.78, 5) is 13.4. The number of ether oxygens (including phenoxy) is 1. The van der Waals surface area contributed by atoms with Gasteiger partial charge in [0, 0.05) is 33.2 Å². The van der Waals surface area contributed by atoms with Crippen LogP contribution in [0.3, 0.4) is 0 Å². The monoisotopic (exact) mass is 217 g/mol. The number of methoxy groups -OCH3 is 1. The van der Waals surface area contributed by atoms with Crippen molar-refractivity contribution in [3.63, 3.8) is 0 Å². The summed E-state index contributed by atoms with van der Waals surface area (Å²) in [6.07, 6.45) is 1.02. The summed E-state index contributed by atoms with van der Waals surface area (Å²) in [6, 6.07) is 0. The van der Waals surface area contributed by atoms with Gasteiger partial charge < -0.3 is 14.7 Å². The van der Waals surface area contributed by atoms with Gasteiger partial charge in [-0.25, -0.2) is 0 Å². The average molecular weight is 217 g/mol. The third-order valence-electron chi connectivity index (χ3n) is 2.44. The van der Waals surface area contributed by atoms with Gasteiger partial charge in [-0.1, -0.05) is 6.92 Å². The SMILES string of the molecule is COCCC(C)C(=O)N(C)CCC(C)O. The molecule has 0 radical (unpaired) electrons. The van der Waals surface area contributed by atoms with Crippen molar-refractivity contribution in [1.29, 1.82) is 0 Å². The summed E-state index contributed by atoms with van der Waals surface area (Å²) in [6.45, 7) is 4.85. The van der Waals surface area contributed by atoms with Gasteiger partial charge in [0.15, 0.2) is 0 Å². The zero-order chi connectivity index (χ0) is 11.8. The molecule has 0 saturated heterocycles. The summed E-state index contributed by atoms with van der Waals surface area (Å²) >= 11 is 0. The minimum absolute atomic E-state index is 0.0102. The molecule has 0 fully saturated rings. The fourth-order valence-corrected chi connectivity index (χ4v) is 1.29. The predicted molar refractivity (Wildman–Crippen MR) is 59.6 cm³/mol. The molecule has 2 atom stereocenters. The lowest BCUT2D eigenvalue weighted by molar-refractivity contribution is -0.134. The third kappa shape index (κ3) is 6.47. The molecule has 0 aromatic rings. The maximum atomic E-state index is 11.8. The van der Waals surface area contributed by atoms with Crippen LogP contribution in [-0.2, 0) is 9.53 Å². The number of aliphatic hydroxyl groups is 1. The lowest BCUT2D eigenvalue weighted by Gasteiger charge is -2.21. The number of hydrogen-bond acceptors (Lipinski definition) is 3. The molecule has 1 amide bonds. The van der Waals surface area contributed by atoms with Crippen LogP contribution >= 0.6 is 0 Å². The molecule has 0 aliphatic carbocycles. The average Bonchev–Trinajstić information content (AvgIpc) is 2.21. The number of aliphatic hydroxyl groups excluding tert-OH is 1. The van der Waals surface area contributed by atoms with Crippen LogP contribution in [-0.4, -0.2) is 49.3 Å². The molecule has 4 heteroatoms. The fourth-order valence-electron chi connectivity index (χ4n) is 1.29. The largest absolute Gasteiger partial charge is 0.393 e. The first kappa shape index (κ1) is 14.4. The topological polar surface area (TPSA) is 49.8 Å². The first-order chi connectivity index (χ1) is 6.99. The highest BCUT2D eigenvalue weighted by Crippen LogP contribution is 2.07. The molecule has 0 aromatic carbocycles. The van der Waals surface area contributed by atoms with E-state index >= 15 is 0 Å². The van der Waals surface area contributed by atoms with Crippen molar-refractivity contribution in [3.05, 3.63) is 0 Å². The van der Waals surface area contributed by atoms with E-state index < -0.39 is 0 Å². The summed E-state index contributed by atoms with van der Waals surface area (Å²) in [5.74, 6) is 0.108. The fraction of sp³-hybridized carbons (Fsp3) is 0.909. The maximum absolute atomic E-state index is 11.8. The van der Waals surface area contributed by atoms with Crippen LogP contribution in [0.15, 0.2) is 0 Å². The number of nitrogens with zero attached hydrogens (tertiary/aromatic N) is 1. The van der Waals surface area contributed by atoms with Gasteiger partial charge in [-0.3, -0.25) is 4.79 Å². The zero-order valence-electron chi connectivity index (χ0n) is 10.2. The van der Waals surface area contributed by atoms with Gasteiger partial charge >= 0.3 is 0 Å². The maximum Gasteiger partial charge on any atom is 0.225 e. The van der Waals surface area contributed by atoms with E-state index in [0.29, 0.717) is 19.6 Å². The van der Waals surface area contributed by atoms with Crippen molar-refractivity contribution in [2.45, 2.75) is 32.8 Å². The molecule has 0 aromatic heterocycles.